The molecule has 6 heteroatoms. The number of para-hydroxylation sites is 1. The largest absolute Gasteiger partial charge is 0.468 e. The molecule has 2 saturated heterocycles. The molecule has 5 atom stereocenters. The molecular weight excluding hydrogens is 344 g/mol. The molecule has 3 fully saturated rings. The molecule has 144 valence electrons. The van der Waals surface area contributed by atoms with Crippen LogP contribution in [0.5, 0.6) is 0 Å². The molecule has 3 aliphatic heterocycles. The summed E-state index contributed by atoms with van der Waals surface area (Å²) in [6.07, 6.45) is 3.46. The first-order valence-corrected chi connectivity index (χ1v) is 9.70. The number of aliphatic hydroxyl groups excluding tert-OH is 1. The van der Waals surface area contributed by atoms with Crippen LogP contribution in [0.4, 0.5) is 5.69 Å². The van der Waals surface area contributed by atoms with Crippen molar-refractivity contribution in [1.29, 1.82) is 0 Å². The molecule has 3 N–H and O–H groups in total. The number of carbonyl (C=O) groups excluding carboxylic acids is 1. The third-order valence-corrected chi connectivity index (χ3v) is 7.64. The van der Waals surface area contributed by atoms with E-state index in [1.807, 2.05) is 25.1 Å². The topological polar surface area (TPSA) is 79.8 Å². The van der Waals surface area contributed by atoms with Crippen LogP contribution >= 0.6 is 0 Å². The van der Waals surface area contributed by atoms with Crippen molar-refractivity contribution in [3.8, 4) is 0 Å². The summed E-state index contributed by atoms with van der Waals surface area (Å²) >= 11 is 0. The zero-order valence-corrected chi connectivity index (χ0v) is 15.7. The third-order valence-electron chi connectivity index (χ3n) is 7.64. The van der Waals surface area contributed by atoms with E-state index in [4.69, 9.17) is 9.47 Å². The Morgan fingerprint density at radius 3 is 3.00 bits per heavy atom. The average Bonchev–Trinajstić information content (AvgIpc) is 3.22. The number of anilines is 1. The van der Waals surface area contributed by atoms with Crippen LogP contribution in [0.3, 0.4) is 0 Å². The fourth-order valence-corrected chi connectivity index (χ4v) is 6.67. The summed E-state index contributed by atoms with van der Waals surface area (Å²) in [5.74, 6) is -0.433. The number of nitrogens with one attached hydrogen (secondary N) is 2. The lowest BCUT2D eigenvalue weighted by Gasteiger charge is -2.62. The van der Waals surface area contributed by atoms with Crippen LogP contribution in [0.1, 0.15) is 25.3 Å². The molecule has 0 spiro atoms. The number of benzene rings is 1. The number of aliphatic hydroxyl groups is 1. The fourth-order valence-electron chi connectivity index (χ4n) is 6.67. The van der Waals surface area contributed by atoms with Gasteiger partial charge in [0.1, 0.15) is 5.41 Å². The van der Waals surface area contributed by atoms with Crippen molar-refractivity contribution < 1.29 is 19.4 Å². The Hall–Kier alpha value is -1.89. The Kier molecular flexibility index (Phi) is 3.55. The maximum absolute atomic E-state index is 13.5. The number of piperidine rings is 1. The Balaban J connectivity index is 1.87. The van der Waals surface area contributed by atoms with E-state index < -0.39 is 16.6 Å². The van der Waals surface area contributed by atoms with Gasteiger partial charge in [-0.2, -0.15) is 0 Å². The van der Waals surface area contributed by atoms with E-state index in [2.05, 4.69) is 22.8 Å². The molecule has 5 rings (SSSR count). The quantitative estimate of drug-likeness (QED) is 0.542. The van der Waals surface area contributed by atoms with E-state index in [0.29, 0.717) is 19.6 Å². The Labute approximate surface area is 158 Å². The van der Waals surface area contributed by atoms with E-state index in [1.54, 1.807) is 0 Å². The fraction of sp³-hybridized carbons (Fsp3) is 0.571. The van der Waals surface area contributed by atoms with Gasteiger partial charge in [-0.1, -0.05) is 29.8 Å². The zero-order valence-electron chi connectivity index (χ0n) is 15.7. The predicted molar refractivity (Wildman–Crippen MR) is 100 cm³/mol. The smallest absolute Gasteiger partial charge is 0.315 e. The van der Waals surface area contributed by atoms with E-state index in [1.165, 1.54) is 7.11 Å². The highest BCUT2D eigenvalue weighted by molar-refractivity contribution is 5.85. The number of hydrogen-bond donors (Lipinski definition) is 3. The van der Waals surface area contributed by atoms with E-state index in [9.17, 15) is 9.90 Å². The van der Waals surface area contributed by atoms with Crippen LogP contribution in [-0.2, 0) is 19.7 Å². The van der Waals surface area contributed by atoms with Crippen molar-refractivity contribution in [2.24, 2.45) is 11.3 Å². The van der Waals surface area contributed by atoms with Gasteiger partial charge in [-0.15, -0.1) is 0 Å². The summed E-state index contributed by atoms with van der Waals surface area (Å²) in [6.45, 7) is 2.96. The molecule has 1 aromatic rings. The van der Waals surface area contributed by atoms with Gasteiger partial charge in [0.05, 0.1) is 31.8 Å². The van der Waals surface area contributed by atoms with Crippen LogP contribution in [0, 0.1) is 11.3 Å². The van der Waals surface area contributed by atoms with Gasteiger partial charge in [0, 0.05) is 18.2 Å². The highest BCUT2D eigenvalue weighted by Gasteiger charge is 2.81. The van der Waals surface area contributed by atoms with Crippen LogP contribution in [0.2, 0.25) is 0 Å². The van der Waals surface area contributed by atoms with Gasteiger partial charge >= 0.3 is 5.97 Å². The first kappa shape index (κ1) is 17.2. The normalized spacial score (nSPS) is 42.9. The number of allylic oxidation sites excluding steroid dienone is 1. The average molecular weight is 370 g/mol. The number of ether oxygens (including phenoxy) is 2. The number of methoxy groups -OCH3 is 1. The predicted octanol–water partition coefficient (Wildman–Crippen LogP) is 1.56. The maximum atomic E-state index is 13.5. The monoisotopic (exact) mass is 370 g/mol. The van der Waals surface area contributed by atoms with Crippen molar-refractivity contribution in [3.63, 3.8) is 0 Å². The lowest BCUT2D eigenvalue weighted by molar-refractivity contribution is -0.192. The van der Waals surface area contributed by atoms with Crippen LogP contribution in [0.15, 0.2) is 35.9 Å². The summed E-state index contributed by atoms with van der Waals surface area (Å²) in [5, 5.41) is 18.1. The van der Waals surface area contributed by atoms with Crippen molar-refractivity contribution in [3.05, 3.63) is 41.5 Å². The minimum absolute atomic E-state index is 0.0467. The summed E-state index contributed by atoms with van der Waals surface area (Å²) in [5.41, 5.74) is 0.658. The number of hydrogen-bond acceptors (Lipinski definition) is 6. The molecule has 1 aliphatic carbocycles. The van der Waals surface area contributed by atoms with Crippen molar-refractivity contribution in [1.82, 2.24) is 5.32 Å². The summed E-state index contributed by atoms with van der Waals surface area (Å²) in [4.78, 5) is 13.5. The highest BCUT2D eigenvalue weighted by Crippen LogP contribution is 2.70. The molecule has 1 saturated carbocycles. The maximum Gasteiger partial charge on any atom is 0.315 e. The number of fused-ring (bicyclic) bond motifs is 3. The Morgan fingerprint density at radius 1 is 1.44 bits per heavy atom. The first-order valence-electron chi connectivity index (χ1n) is 9.70. The molecule has 2 bridgehead atoms. The van der Waals surface area contributed by atoms with Crippen LogP contribution in [0.25, 0.3) is 0 Å². The van der Waals surface area contributed by atoms with Crippen LogP contribution in [-0.4, -0.2) is 49.7 Å². The van der Waals surface area contributed by atoms with Gasteiger partial charge in [-0.25, -0.2) is 0 Å². The van der Waals surface area contributed by atoms with E-state index >= 15 is 0 Å². The highest BCUT2D eigenvalue weighted by atomic mass is 16.5. The van der Waals surface area contributed by atoms with Crippen LogP contribution < -0.4 is 10.6 Å². The first-order chi connectivity index (χ1) is 13.1. The van der Waals surface area contributed by atoms with Gasteiger partial charge in [-0.3, -0.25) is 4.79 Å². The standard InChI is InChI=1S/C21H26N2O4/c1-3-13-11-22-17-10-15(13)19(12-24,18(25)26-2)20-8-9-27-21(17,20)23-16-7-5-4-6-14(16)20/h3-7,15,17,22-24H,8-12H2,1-2H3/b13-3-/t15-,17-,19-,20-,21-/m0/s1. The van der Waals surface area contributed by atoms with Gasteiger partial charge in [0.2, 0.25) is 0 Å². The van der Waals surface area contributed by atoms with Gasteiger partial charge in [-0.05, 0) is 31.4 Å². The molecule has 1 aromatic carbocycles. The molecule has 0 radical (unpaired) electrons. The van der Waals surface area contributed by atoms with Crippen molar-refractivity contribution >= 4 is 11.7 Å². The molecule has 3 heterocycles. The summed E-state index contributed by atoms with van der Waals surface area (Å²) in [7, 11) is 1.42. The molecule has 0 unspecified atom stereocenters. The molecule has 6 nitrogen and oxygen atoms in total. The molecule has 0 amide bonds. The SMILES string of the molecule is C/C=C1/CN[C@H]2C[C@@H]1[C@@](CO)(C(=O)OC)[C@@]13CCO[C@@]21Nc1ccccc13. The Bertz CT molecular complexity index is 839. The Morgan fingerprint density at radius 2 is 2.26 bits per heavy atom. The number of carbonyl (C=O) groups is 1. The van der Waals surface area contributed by atoms with Crippen molar-refractivity contribution in [2.45, 2.75) is 36.9 Å². The molecule has 27 heavy (non-hydrogen) atoms. The second-order valence-electron chi connectivity index (χ2n) is 8.12. The molecular formula is C21H26N2O4. The number of rotatable bonds is 2. The van der Waals surface area contributed by atoms with Gasteiger partial charge in [0.25, 0.3) is 0 Å². The summed E-state index contributed by atoms with van der Waals surface area (Å²) in [6, 6.07) is 8.14. The molecule has 4 aliphatic rings. The van der Waals surface area contributed by atoms with Crippen molar-refractivity contribution in [2.75, 3.05) is 32.2 Å². The third kappa shape index (κ3) is 1.67. The zero-order chi connectivity index (χ0) is 18.9. The lowest BCUT2D eigenvalue weighted by atomic mass is 9.44. The lowest BCUT2D eigenvalue weighted by Crippen LogP contribution is -2.78. The van der Waals surface area contributed by atoms with Gasteiger partial charge in [0.15, 0.2) is 5.72 Å². The molecule has 0 aromatic heterocycles. The summed E-state index contributed by atoms with van der Waals surface area (Å²) < 4.78 is 11.8. The second kappa shape index (κ2) is 5.56. The van der Waals surface area contributed by atoms with Gasteiger partial charge < -0.3 is 25.2 Å². The minimum atomic E-state index is -1.09. The minimum Gasteiger partial charge on any atom is -0.468 e. The van der Waals surface area contributed by atoms with E-state index in [-0.39, 0.29) is 24.5 Å². The van der Waals surface area contributed by atoms with E-state index in [0.717, 1.165) is 23.2 Å². The number of esters is 1. The second-order valence-corrected chi connectivity index (χ2v) is 8.12.